The molecule has 400 valence electrons. The van der Waals surface area contributed by atoms with Gasteiger partial charge in [-0.3, -0.25) is 0 Å². The number of hydrogen-bond donors (Lipinski definition) is 0. The Balaban J connectivity index is 1.17. The van der Waals surface area contributed by atoms with Crippen LogP contribution in [0, 0.1) is 6.85 Å². The van der Waals surface area contributed by atoms with Crippen molar-refractivity contribution in [1.82, 2.24) is 0 Å². The number of rotatable bonds is 8. The third-order valence-electron chi connectivity index (χ3n) is 20.1. The van der Waals surface area contributed by atoms with E-state index in [1.807, 2.05) is 12.1 Å². The Kier molecular flexibility index (Phi) is 11.1. The fraction of sp³-hybridized carbons (Fsp3) is 0.299. The molecular formula is C77H79BN2. The summed E-state index contributed by atoms with van der Waals surface area (Å²) in [4.78, 5) is 4.96. The Bertz CT molecular complexity index is 4040. The predicted octanol–water partition coefficient (Wildman–Crippen LogP) is 18.8. The van der Waals surface area contributed by atoms with Crippen molar-refractivity contribution in [1.29, 1.82) is 0 Å². The molecule has 0 radical (unpaired) electrons. The van der Waals surface area contributed by atoms with Gasteiger partial charge in [0.25, 0.3) is 6.71 Å². The van der Waals surface area contributed by atoms with Gasteiger partial charge in [0.05, 0.1) is 5.69 Å². The van der Waals surface area contributed by atoms with E-state index >= 15 is 0 Å². The molecule has 0 saturated carbocycles. The second-order valence-electron chi connectivity index (χ2n) is 27.7. The largest absolute Gasteiger partial charge is 0.311 e. The van der Waals surface area contributed by atoms with Gasteiger partial charge in [0.2, 0.25) is 0 Å². The van der Waals surface area contributed by atoms with Crippen LogP contribution in [-0.2, 0) is 32.5 Å². The van der Waals surface area contributed by atoms with Crippen molar-refractivity contribution < 1.29 is 4.11 Å². The standard InChI is InChI=1S/C77H79BN2/c1-50-42-69-71-70(43-50)80(66-37-33-56(76(10,11)54-28-19-15-20-29-54)45-59(66)53-27-23-26-52(44-53)51-24-17-14-18-25-51)67-46-57(77(12,13)55-30-21-16-22-31-55)32-36-64(67)78(71)65-48-62-63(75(8,9)41-40-74(62,6)7)49-68(65)79(69)58-34-35-60-61(47-58)73(4,5)39-38-72(60,2)3/h14-37,42-49H,38-41H2,1-13H3/i1D3. The van der Waals surface area contributed by atoms with Gasteiger partial charge in [-0.2, -0.15) is 0 Å². The van der Waals surface area contributed by atoms with Gasteiger partial charge in [-0.25, -0.2) is 0 Å². The Morgan fingerprint density at radius 3 is 1.49 bits per heavy atom. The molecule has 80 heavy (non-hydrogen) atoms. The van der Waals surface area contributed by atoms with Gasteiger partial charge in [0.15, 0.2) is 0 Å². The molecule has 3 heteroatoms. The van der Waals surface area contributed by atoms with Gasteiger partial charge in [0, 0.05) is 48.9 Å². The molecule has 0 fully saturated rings. The minimum atomic E-state index is -2.43. The van der Waals surface area contributed by atoms with E-state index in [2.05, 4.69) is 275 Å². The average Bonchev–Trinajstić information content (AvgIpc) is 2.48. The summed E-state index contributed by atoms with van der Waals surface area (Å²) >= 11 is 0. The molecule has 9 aromatic rings. The first-order valence-corrected chi connectivity index (χ1v) is 29.4. The summed E-state index contributed by atoms with van der Waals surface area (Å²) in [5, 5.41) is 0. The number of hydrogen-bond acceptors (Lipinski definition) is 2. The van der Waals surface area contributed by atoms with Crippen LogP contribution < -0.4 is 26.2 Å². The fourth-order valence-corrected chi connectivity index (χ4v) is 14.6. The van der Waals surface area contributed by atoms with Crippen LogP contribution in [0.5, 0.6) is 0 Å². The average molecular weight is 1050 g/mol. The summed E-state index contributed by atoms with van der Waals surface area (Å²) in [5.74, 6) is 0. The lowest BCUT2D eigenvalue weighted by Crippen LogP contribution is -2.62. The number of fused-ring (bicyclic) bond motifs is 6. The third-order valence-corrected chi connectivity index (χ3v) is 20.1. The number of benzene rings is 9. The zero-order valence-corrected chi connectivity index (χ0v) is 49.3. The van der Waals surface area contributed by atoms with Crippen molar-refractivity contribution in [2.24, 2.45) is 0 Å². The monoisotopic (exact) mass is 1050 g/mol. The van der Waals surface area contributed by atoms with Crippen LogP contribution in [0.15, 0.2) is 194 Å². The maximum absolute atomic E-state index is 9.47. The molecule has 0 amide bonds. The van der Waals surface area contributed by atoms with Gasteiger partial charge in [-0.15, -0.1) is 0 Å². The molecule has 0 N–H and O–H groups in total. The van der Waals surface area contributed by atoms with Crippen molar-refractivity contribution in [2.75, 3.05) is 9.80 Å². The summed E-state index contributed by atoms with van der Waals surface area (Å²) < 4.78 is 28.4. The first-order chi connectivity index (χ1) is 39.3. The number of anilines is 6. The SMILES string of the molecule is [2H]C([2H])([2H])c1cc2c3c(c1)N(c1ccc(C(C)(C)c4ccccc4)cc1-c1cccc(-c4ccccc4)c1)c1cc(C(C)(C)c4ccccc4)ccc1B3c1cc3c(cc1N2c1ccc2c(c1)C(C)(C)CCC2(C)C)C(C)(C)CCC3(C)C. The van der Waals surface area contributed by atoms with Crippen molar-refractivity contribution in [2.45, 2.75) is 148 Å². The van der Waals surface area contributed by atoms with Gasteiger partial charge in [0.1, 0.15) is 0 Å². The lowest BCUT2D eigenvalue weighted by atomic mass is 9.33. The first-order valence-electron chi connectivity index (χ1n) is 30.9. The van der Waals surface area contributed by atoms with E-state index < -0.39 is 6.85 Å². The van der Waals surface area contributed by atoms with Crippen LogP contribution in [0.25, 0.3) is 22.3 Å². The molecule has 2 aliphatic carbocycles. The highest BCUT2D eigenvalue weighted by molar-refractivity contribution is 7.00. The van der Waals surface area contributed by atoms with Crippen LogP contribution in [0.2, 0.25) is 0 Å². The van der Waals surface area contributed by atoms with Crippen LogP contribution in [0.1, 0.15) is 163 Å². The maximum atomic E-state index is 9.47. The minimum absolute atomic E-state index is 0.0195. The molecule has 0 spiro atoms. The lowest BCUT2D eigenvalue weighted by molar-refractivity contribution is 0.332. The van der Waals surface area contributed by atoms with Gasteiger partial charge < -0.3 is 9.80 Å². The molecule has 0 saturated heterocycles. The fourth-order valence-electron chi connectivity index (χ4n) is 14.6. The lowest BCUT2D eigenvalue weighted by Gasteiger charge is -2.48. The molecular weight excluding hydrogens is 964 g/mol. The molecule has 4 aliphatic rings. The van der Waals surface area contributed by atoms with E-state index in [0.717, 1.165) is 87.5 Å². The zero-order chi connectivity index (χ0) is 58.4. The van der Waals surface area contributed by atoms with Crippen molar-refractivity contribution in [3.05, 3.63) is 244 Å². The Morgan fingerprint density at radius 2 is 0.875 bits per heavy atom. The van der Waals surface area contributed by atoms with Gasteiger partial charge >= 0.3 is 0 Å². The Hall–Kier alpha value is -7.36. The van der Waals surface area contributed by atoms with Crippen molar-refractivity contribution >= 4 is 57.2 Å². The molecule has 2 nitrogen and oxygen atoms in total. The van der Waals surface area contributed by atoms with E-state index in [0.29, 0.717) is 5.56 Å². The van der Waals surface area contributed by atoms with Crippen molar-refractivity contribution in [3.8, 4) is 22.3 Å². The molecule has 0 aromatic heterocycles. The molecule has 13 rings (SSSR count). The van der Waals surface area contributed by atoms with Gasteiger partial charge in [-0.1, -0.05) is 223 Å². The second-order valence-corrected chi connectivity index (χ2v) is 27.7. The van der Waals surface area contributed by atoms with E-state index in [-0.39, 0.29) is 39.2 Å². The second kappa shape index (κ2) is 18.3. The van der Waals surface area contributed by atoms with Crippen LogP contribution >= 0.6 is 0 Å². The topological polar surface area (TPSA) is 6.48 Å². The zero-order valence-electron chi connectivity index (χ0n) is 52.3. The van der Waals surface area contributed by atoms with E-state index in [1.54, 1.807) is 0 Å². The van der Waals surface area contributed by atoms with E-state index in [1.165, 1.54) is 55.4 Å². The Labute approximate surface area is 483 Å². The van der Waals surface area contributed by atoms with Crippen LogP contribution in [0.3, 0.4) is 0 Å². The summed E-state index contributed by atoms with van der Waals surface area (Å²) in [7, 11) is 0. The van der Waals surface area contributed by atoms with E-state index in [9.17, 15) is 4.11 Å². The molecule has 2 heterocycles. The van der Waals surface area contributed by atoms with Crippen molar-refractivity contribution in [3.63, 3.8) is 0 Å². The Morgan fingerprint density at radius 1 is 0.375 bits per heavy atom. The quantitative estimate of drug-likeness (QED) is 0.140. The maximum Gasteiger partial charge on any atom is 0.252 e. The third kappa shape index (κ3) is 8.26. The molecule has 2 aliphatic heterocycles. The van der Waals surface area contributed by atoms with Crippen LogP contribution in [0.4, 0.5) is 34.1 Å². The molecule has 0 unspecified atom stereocenters. The highest BCUT2D eigenvalue weighted by Crippen LogP contribution is 2.54. The predicted molar refractivity (Wildman–Crippen MR) is 344 cm³/mol. The minimum Gasteiger partial charge on any atom is -0.311 e. The van der Waals surface area contributed by atoms with Crippen LogP contribution in [-0.4, -0.2) is 6.71 Å². The summed E-state index contributed by atoms with van der Waals surface area (Å²) in [5.41, 5.74) is 23.9. The normalized spacial score (nSPS) is 17.9. The summed E-state index contributed by atoms with van der Waals surface area (Å²) in [6, 6.07) is 72.1. The van der Waals surface area contributed by atoms with Gasteiger partial charge in [-0.05, 0) is 192 Å². The molecule has 0 bridgehead atoms. The number of aryl methyl sites for hydroxylation is 1. The number of nitrogens with zero attached hydrogens (tertiary/aromatic N) is 2. The smallest absolute Gasteiger partial charge is 0.252 e. The highest BCUT2D eigenvalue weighted by Gasteiger charge is 2.48. The molecule has 0 atom stereocenters. The van der Waals surface area contributed by atoms with E-state index in [4.69, 9.17) is 0 Å². The summed E-state index contributed by atoms with van der Waals surface area (Å²) in [6.07, 6.45) is 4.38. The highest BCUT2D eigenvalue weighted by atomic mass is 15.2. The first kappa shape index (κ1) is 48.5. The molecule has 9 aromatic carbocycles. The summed E-state index contributed by atoms with van der Waals surface area (Å²) in [6.45, 7) is 26.0.